The molecule has 0 atom stereocenters. The van der Waals surface area contributed by atoms with Crippen LogP contribution in [0.1, 0.15) is 10.5 Å². The van der Waals surface area contributed by atoms with Crippen molar-refractivity contribution in [1.29, 1.82) is 0 Å². The molecule has 0 saturated carbocycles. The lowest BCUT2D eigenvalue weighted by Gasteiger charge is -2.01. The van der Waals surface area contributed by atoms with Crippen LogP contribution in [0.25, 0.3) is 0 Å². The smallest absolute Gasteiger partial charge is 0.275 e. The highest BCUT2D eigenvalue weighted by molar-refractivity contribution is 7.14. The largest absolute Gasteiger partial charge is 0.319 e. The molecule has 104 valence electrons. The van der Waals surface area contributed by atoms with Crippen LogP contribution in [-0.4, -0.2) is 20.9 Å². The van der Waals surface area contributed by atoms with Gasteiger partial charge in [-0.2, -0.15) is 0 Å². The second-order valence-electron chi connectivity index (χ2n) is 4.07. The Bertz CT molecular complexity index is 729. The fraction of sp³-hybridized carbons (Fsp3) is 0. The van der Waals surface area contributed by atoms with Crippen molar-refractivity contribution in [3.05, 3.63) is 60.0 Å². The number of carbonyl (C=O) groups is 1. The molecule has 3 aromatic rings. The fourth-order valence-electron chi connectivity index (χ4n) is 1.61. The molecule has 3 rings (SSSR count). The molecule has 0 fully saturated rings. The standard InChI is InChI=1S/C14H11N5OS/c20-13(17-10-4-3-6-15-8-10)11-9-21-14(18-11)19-12-5-1-2-7-16-12/h1-9H,(H,17,20)(H,16,18,19). The predicted molar refractivity (Wildman–Crippen MR) is 81.8 cm³/mol. The van der Waals surface area contributed by atoms with Crippen molar-refractivity contribution in [2.24, 2.45) is 0 Å². The third kappa shape index (κ3) is 3.40. The topological polar surface area (TPSA) is 79.8 Å². The Kier molecular flexibility index (Phi) is 3.83. The van der Waals surface area contributed by atoms with E-state index in [1.165, 1.54) is 11.3 Å². The van der Waals surface area contributed by atoms with Crippen molar-refractivity contribution in [2.45, 2.75) is 0 Å². The van der Waals surface area contributed by atoms with Crippen LogP contribution in [0.3, 0.4) is 0 Å². The van der Waals surface area contributed by atoms with Gasteiger partial charge in [0, 0.05) is 17.8 Å². The predicted octanol–water partition coefficient (Wildman–Crippen LogP) is 2.93. The molecule has 0 aromatic carbocycles. The van der Waals surface area contributed by atoms with Crippen molar-refractivity contribution in [1.82, 2.24) is 15.0 Å². The second kappa shape index (κ2) is 6.10. The summed E-state index contributed by atoms with van der Waals surface area (Å²) in [5.74, 6) is 0.416. The number of anilines is 3. The molecule has 21 heavy (non-hydrogen) atoms. The lowest BCUT2D eigenvalue weighted by Crippen LogP contribution is -2.12. The van der Waals surface area contributed by atoms with Crippen LogP contribution in [0.2, 0.25) is 0 Å². The first kappa shape index (κ1) is 13.2. The summed E-state index contributed by atoms with van der Waals surface area (Å²) in [7, 11) is 0. The van der Waals surface area contributed by atoms with Crippen molar-refractivity contribution in [3.63, 3.8) is 0 Å². The maximum Gasteiger partial charge on any atom is 0.275 e. The SMILES string of the molecule is O=C(Nc1cccnc1)c1csc(Nc2ccccn2)n1. The zero-order chi connectivity index (χ0) is 14.5. The van der Waals surface area contributed by atoms with Gasteiger partial charge < -0.3 is 10.6 Å². The molecule has 0 bridgehead atoms. The zero-order valence-electron chi connectivity index (χ0n) is 10.9. The molecule has 0 radical (unpaired) electrons. The summed E-state index contributed by atoms with van der Waals surface area (Å²) in [6.45, 7) is 0. The van der Waals surface area contributed by atoms with E-state index >= 15 is 0 Å². The molecule has 2 N–H and O–H groups in total. The van der Waals surface area contributed by atoms with E-state index in [0.29, 0.717) is 22.3 Å². The molecule has 6 nitrogen and oxygen atoms in total. The number of carbonyl (C=O) groups excluding carboxylic acids is 1. The molecule has 0 spiro atoms. The van der Waals surface area contributed by atoms with E-state index in [4.69, 9.17) is 0 Å². The highest BCUT2D eigenvalue weighted by atomic mass is 32.1. The fourth-order valence-corrected chi connectivity index (χ4v) is 2.31. The van der Waals surface area contributed by atoms with Crippen LogP contribution >= 0.6 is 11.3 Å². The third-order valence-electron chi connectivity index (χ3n) is 2.56. The Morgan fingerprint density at radius 1 is 1.14 bits per heavy atom. The van der Waals surface area contributed by atoms with E-state index in [2.05, 4.69) is 25.6 Å². The summed E-state index contributed by atoms with van der Waals surface area (Å²) in [6, 6.07) is 9.06. The van der Waals surface area contributed by atoms with Gasteiger partial charge in [0.05, 0.1) is 11.9 Å². The van der Waals surface area contributed by atoms with Gasteiger partial charge in [-0.3, -0.25) is 9.78 Å². The van der Waals surface area contributed by atoms with Gasteiger partial charge in [0.15, 0.2) is 5.13 Å². The van der Waals surface area contributed by atoms with E-state index in [9.17, 15) is 4.79 Å². The van der Waals surface area contributed by atoms with Gasteiger partial charge in [-0.1, -0.05) is 6.07 Å². The summed E-state index contributed by atoms with van der Waals surface area (Å²) in [5, 5.41) is 8.09. The summed E-state index contributed by atoms with van der Waals surface area (Å²) in [6.07, 6.45) is 4.91. The first-order valence-electron chi connectivity index (χ1n) is 6.16. The number of aromatic nitrogens is 3. The number of hydrogen-bond donors (Lipinski definition) is 2. The van der Waals surface area contributed by atoms with Crippen molar-refractivity contribution < 1.29 is 4.79 Å². The monoisotopic (exact) mass is 297 g/mol. The molecule has 1 amide bonds. The van der Waals surface area contributed by atoms with E-state index in [1.807, 2.05) is 18.2 Å². The Balaban J connectivity index is 1.68. The first-order valence-corrected chi connectivity index (χ1v) is 7.04. The van der Waals surface area contributed by atoms with Crippen LogP contribution in [0.4, 0.5) is 16.6 Å². The van der Waals surface area contributed by atoms with Gasteiger partial charge in [0.1, 0.15) is 11.5 Å². The van der Waals surface area contributed by atoms with Crippen molar-refractivity contribution >= 4 is 33.9 Å². The van der Waals surface area contributed by atoms with Gasteiger partial charge in [0.25, 0.3) is 5.91 Å². The van der Waals surface area contributed by atoms with Gasteiger partial charge >= 0.3 is 0 Å². The molecule has 3 heterocycles. The second-order valence-corrected chi connectivity index (χ2v) is 4.93. The number of nitrogens with one attached hydrogen (secondary N) is 2. The lowest BCUT2D eigenvalue weighted by molar-refractivity contribution is 0.102. The maximum atomic E-state index is 12.0. The van der Waals surface area contributed by atoms with Crippen LogP contribution in [0.15, 0.2) is 54.3 Å². The number of thiazole rings is 1. The van der Waals surface area contributed by atoms with Gasteiger partial charge in [-0.25, -0.2) is 9.97 Å². The van der Waals surface area contributed by atoms with E-state index in [1.54, 1.807) is 36.1 Å². The third-order valence-corrected chi connectivity index (χ3v) is 3.31. The van der Waals surface area contributed by atoms with Crippen LogP contribution in [-0.2, 0) is 0 Å². The highest BCUT2D eigenvalue weighted by Gasteiger charge is 2.11. The van der Waals surface area contributed by atoms with Crippen LogP contribution < -0.4 is 10.6 Å². The molecule has 0 unspecified atom stereocenters. The number of rotatable bonds is 4. The first-order chi connectivity index (χ1) is 10.3. The van der Waals surface area contributed by atoms with Gasteiger partial charge in [-0.15, -0.1) is 11.3 Å². The minimum Gasteiger partial charge on any atom is -0.319 e. The molecule has 0 saturated heterocycles. The molecule has 0 aliphatic carbocycles. The maximum absolute atomic E-state index is 12.0. The van der Waals surface area contributed by atoms with Crippen molar-refractivity contribution in [2.75, 3.05) is 10.6 Å². The summed E-state index contributed by atoms with van der Waals surface area (Å²) >= 11 is 1.34. The summed E-state index contributed by atoms with van der Waals surface area (Å²) in [4.78, 5) is 24.4. The zero-order valence-corrected chi connectivity index (χ0v) is 11.7. The minimum atomic E-state index is -0.270. The lowest BCUT2D eigenvalue weighted by atomic mass is 10.4. The highest BCUT2D eigenvalue weighted by Crippen LogP contribution is 2.20. The summed E-state index contributed by atoms with van der Waals surface area (Å²) < 4.78 is 0. The minimum absolute atomic E-state index is 0.270. The van der Waals surface area contributed by atoms with E-state index < -0.39 is 0 Å². The van der Waals surface area contributed by atoms with E-state index in [0.717, 1.165) is 0 Å². The summed E-state index contributed by atoms with van der Waals surface area (Å²) in [5.41, 5.74) is 0.983. The Hall–Kier alpha value is -2.80. The van der Waals surface area contributed by atoms with Crippen molar-refractivity contribution in [3.8, 4) is 0 Å². The Morgan fingerprint density at radius 2 is 2.10 bits per heavy atom. The molecule has 7 heteroatoms. The average Bonchev–Trinajstić information content (AvgIpc) is 2.98. The average molecular weight is 297 g/mol. The van der Waals surface area contributed by atoms with Crippen LogP contribution in [0.5, 0.6) is 0 Å². The normalized spacial score (nSPS) is 10.1. The number of pyridine rings is 2. The van der Waals surface area contributed by atoms with Gasteiger partial charge in [-0.05, 0) is 24.3 Å². The molecular formula is C14H11N5OS. The van der Waals surface area contributed by atoms with Crippen LogP contribution in [0, 0.1) is 0 Å². The van der Waals surface area contributed by atoms with Gasteiger partial charge in [0.2, 0.25) is 0 Å². The molecule has 0 aliphatic heterocycles. The quantitative estimate of drug-likeness (QED) is 0.774. The molecular weight excluding hydrogens is 286 g/mol. The number of nitrogens with zero attached hydrogens (tertiary/aromatic N) is 3. The number of amides is 1. The Labute approximate surface area is 124 Å². The van der Waals surface area contributed by atoms with E-state index in [-0.39, 0.29) is 5.91 Å². The molecule has 0 aliphatic rings. The Morgan fingerprint density at radius 3 is 2.86 bits per heavy atom. The number of hydrogen-bond acceptors (Lipinski definition) is 6. The molecule has 3 aromatic heterocycles.